The second-order valence-electron chi connectivity index (χ2n) is 5.66. The molecule has 0 aliphatic carbocycles. The third-order valence-corrected chi connectivity index (χ3v) is 4.74. The Hall–Kier alpha value is -1.39. The van der Waals surface area contributed by atoms with Crippen molar-refractivity contribution in [3.8, 4) is 0 Å². The minimum Gasteiger partial charge on any atom is -0.464 e. The van der Waals surface area contributed by atoms with E-state index >= 15 is 0 Å². The van der Waals surface area contributed by atoms with Gasteiger partial charge in [-0.1, -0.05) is 26.0 Å². The molecular formula is C17H23NO2S. The zero-order valence-electron chi connectivity index (χ0n) is 13.1. The van der Waals surface area contributed by atoms with Crippen LogP contribution in [0, 0.1) is 13.8 Å². The molecule has 1 aromatic heterocycles. The molecule has 21 heavy (non-hydrogen) atoms. The molecule has 1 heterocycles. The molecule has 0 aliphatic heterocycles. The number of hydrogen-bond acceptors (Lipinski definition) is 3. The van der Waals surface area contributed by atoms with Gasteiger partial charge in [0.1, 0.15) is 11.5 Å². The maximum Gasteiger partial charge on any atom is 0.118 e. The normalized spacial score (nSPS) is 12.8. The number of nitrogens with one attached hydrogen (secondary N) is 1. The molecule has 0 radical (unpaired) electrons. The van der Waals surface area contributed by atoms with E-state index in [4.69, 9.17) is 4.42 Å². The standard InChI is InChI=1S/C17H23NO2S/c1-12(2)18-10-15-7-8-16(20-15)11-21(19)17-9-13(3)5-6-14(17)4/h5-9,12,18H,10-11H2,1-4H3. The molecule has 0 bridgehead atoms. The maximum atomic E-state index is 12.5. The van der Waals surface area contributed by atoms with Gasteiger partial charge in [-0.05, 0) is 43.2 Å². The lowest BCUT2D eigenvalue weighted by atomic mass is 10.2. The van der Waals surface area contributed by atoms with Crippen LogP contribution in [0.1, 0.15) is 36.5 Å². The Bertz CT molecular complexity index is 631. The van der Waals surface area contributed by atoms with Gasteiger partial charge in [-0.3, -0.25) is 4.21 Å². The Balaban J connectivity index is 2.04. The number of rotatable bonds is 6. The van der Waals surface area contributed by atoms with E-state index in [1.54, 1.807) is 0 Å². The first-order valence-corrected chi connectivity index (χ1v) is 8.54. The van der Waals surface area contributed by atoms with Gasteiger partial charge in [-0.25, -0.2) is 0 Å². The van der Waals surface area contributed by atoms with E-state index in [1.165, 1.54) is 0 Å². The fourth-order valence-corrected chi connectivity index (χ4v) is 3.37. The quantitative estimate of drug-likeness (QED) is 0.885. The van der Waals surface area contributed by atoms with E-state index in [9.17, 15) is 4.21 Å². The first-order valence-electron chi connectivity index (χ1n) is 7.22. The van der Waals surface area contributed by atoms with Crippen molar-refractivity contribution in [3.63, 3.8) is 0 Å². The summed E-state index contributed by atoms with van der Waals surface area (Å²) in [6.07, 6.45) is 0. The van der Waals surface area contributed by atoms with Crippen molar-refractivity contribution in [2.75, 3.05) is 0 Å². The first kappa shape index (κ1) is 16.0. The lowest BCUT2D eigenvalue weighted by molar-refractivity contribution is 0.445. The van der Waals surface area contributed by atoms with Gasteiger partial charge in [-0.15, -0.1) is 0 Å². The zero-order chi connectivity index (χ0) is 15.4. The molecule has 0 aliphatic rings. The summed E-state index contributed by atoms with van der Waals surface area (Å²) in [5, 5.41) is 3.31. The summed E-state index contributed by atoms with van der Waals surface area (Å²) in [4.78, 5) is 0.897. The van der Waals surface area contributed by atoms with Crippen molar-refractivity contribution in [1.29, 1.82) is 0 Å². The molecule has 4 heteroatoms. The molecule has 1 unspecified atom stereocenters. The predicted octanol–water partition coefficient (Wildman–Crippen LogP) is 3.70. The van der Waals surface area contributed by atoms with E-state index in [0.29, 0.717) is 18.3 Å². The Morgan fingerprint density at radius 3 is 2.57 bits per heavy atom. The summed E-state index contributed by atoms with van der Waals surface area (Å²) in [5.74, 6) is 2.08. The highest BCUT2D eigenvalue weighted by molar-refractivity contribution is 7.84. The molecular weight excluding hydrogens is 282 g/mol. The molecule has 0 amide bonds. The summed E-state index contributed by atoms with van der Waals surface area (Å²) < 4.78 is 18.2. The zero-order valence-corrected chi connectivity index (χ0v) is 13.9. The minimum absolute atomic E-state index is 0.419. The maximum absolute atomic E-state index is 12.5. The second kappa shape index (κ2) is 7.05. The number of aryl methyl sites for hydroxylation is 2. The van der Waals surface area contributed by atoms with Crippen molar-refractivity contribution in [2.45, 2.75) is 50.9 Å². The van der Waals surface area contributed by atoms with E-state index in [0.717, 1.165) is 27.5 Å². The Morgan fingerprint density at radius 2 is 1.86 bits per heavy atom. The van der Waals surface area contributed by atoms with Crippen LogP contribution in [-0.4, -0.2) is 10.3 Å². The molecule has 1 N–H and O–H groups in total. The van der Waals surface area contributed by atoms with Crippen LogP contribution in [-0.2, 0) is 23.1 Å². The second-order valence-corrected chi connectivity index (χ2v) is 7.08. The Labute approximate surface area is 129 Å². The molecule has 1 atom stereocenters. The monoisotopic (exact) mass is 305 g/mol. The third-order valence-electron chi connectivity index (χ3n) is 3.26. The topological polar surface area (TPSA) is 42.2 Å². The molecule has 2 rings (SSSR count). The van der Waals surface area contributed by atoms with Gasteiger partial charge < -0.3 is 9.73 Å². The lowest BCUT2D eigenvalue weighted by Gasteiger charge is -2.06. The fourth-order valence-electron chi connectivity index (χ4n) is 2.06. The molecule has 0 spiro atoms. The fraction of sp³-hybridized carbons (Fsp3) is 0.412. The summed E-state index contributed by atoms with van der Waals surface area (Å²) in [6, 6.07) is 10.3. The number of furan rings is 1. The van der Waals surface area contributed by atoms with Crippen LogP contribution in [0.25, 0.3) is 0 Å². The van der Waals surface area contributed by atoms with Crippen molar-refractivity contribution < 1.29 is 8.63 Å². The molecule has 0 saturated heterocycles. The molecule has 0 saturated carbocycles. The van der Waals surface area contributed by atoms with Crippen LogP contribution in [0.15, 0.2) is 39.6 Å². The minimum atomic E-state index is -1.07. The van der Waals surface area contributed by atoms with Gasteiger partial charge >= 0.3 is 0 Å². The van der Waals surface area contributed by atoms with Crippen molar-refractivity contribution in [1.82, 2.24) is 5.32 Å². The van der Waals surface area contributed by atoms with Crippen LogP contribution >= 0.6 is 0 Å². The molecule has 114 valence electrons. The van der Waals surface area contributed by atoms with Gasteiger partial charge in [0, 0.05) is 10.9 Å². The largest absolute Gasteiger partial charge is 0.464 e. The van der Waals surface area contributed by atoms with Crippen molar-refractivity contribution in [3.05, 3.63) is 53.0 Å². The number of benzene rings is 1. The van der Waals surface area contributed by atoms with Crippen LogP contribution in [0.2, 0.25) is 0 Å². The SMILES string of the molecule is Cc1ccc(C)c(S(=O)Cc2ccc(CNC(C)C)o2)c1. The lowest BCUT2D eigenvalue weighted by Crippen LogP contribution is -2.21. The summed E-state index contributed by atoms with van der Waals surface area (Å²) in [7, 11) is -1.07. The smallest absolute Gasteiger partial charge is 0.118 e. The van der Waals surface area contributed by atoms with Gasteiger partial charge in [0.25, 0.3) is 0 Å². The van der Waals surface area contributed by atoms with E-state index in [-0.39, 0.29) is 0 Å². The van der Waals surface area contributed by atoms with Crippen LogP contribution in [0.3, 0.4) is 0 Å². The van der Waals surface area contributed by atoms with E-state index < -0.39 is 10.8 Å². The first-order chi connectivity index (χ1) is 9.95. The third kappa shape index (κ3) is 4.55. The predicted molar refractivity (Wildman–Crippen MR) is 86.7 cm³/mol. The van der Waals surface area contributed by atoms with Gasteiger partial charge in [-0.2, -0.15) is 0 Å². The van der Waals surface area contributed by atoms with Crippen LogP contribution in [0.4, 0.5) is 0 Å². The highest BCUT2D eigenvalue weighted by Gasteiger charge is 2.11. The van der Waals surface area contributed by atoms with Gasteiger partial charge in [0.15, 0.2) is 0 Å². The molecule has 2 aromatic rings. The highest BCUT2D eigenvalue weighted by Crippen LogP contribution is 2.19. The Morgan fingerprint density at radius 1 is 1.14 bits per heavy atom. The van der Waals surface area contributed by atoms with E-state index in [2.05, 4.69) is 19.2 Å². The summed E-state index contributed by atoms with van der Waals surface area (Å²) in [5.41, 5.74) is 2.19. The number of hydrogen-bond donors (Lipinski definition) is 1. The van der Waals surface area contributed by atoms with Crippen LogP contribution < -0.4 is 5.32 Å². The van der Waals surface area contributed by atoms with Gasteiger partial charge in [0.05, 0.1) is 23.1 Å². The molecule has 0 fully saturated rings. The average molecular weight is 305 g/mol. The van der Waals surface area contributed by atoms with Crippen molar-refractivity contribution in [2.24, 2.45) is 0 Å². The van der Waals surface area contributed by atoms with Crippen molar-refractivity contribution >= 4 is 10.8 Å². The van der Waals surface area contributed by atoms with Gasteiger partial charge in [0.2, 0.25) is 0 Å². The highest BCUT2D eigenvalue weighted by atomic mass is 32.2. The van der Waals surface area contributed by atoms with Crippen LogP contribution in [0.5, 0.6) is 0 Å². The average Bonchev–Trinajstić information content (AvgIpc) is 2.86. The summed E-state index contributed by atoms with van der Waals surface area (Å²) in [6.45, 7) is 8.90. The molecule has 1 aromatic carbocycles. The molecule has 3 nitrogen and oxygen atoms in total. The summed E-state index contributed by atoms with van der Waals surface area (Å²) >= 11 is 0. The van der Waals surface area contributed by atoms with E-state index in [1.807, 2.05) is 44.2 Å². The Kier molecular flexibility index (Phi) is 5.37.